The minimum absolute atomic E-state index is 0.0516. The predicted octanol–water partition coefficient (Wildman–Crippen LogP) is 1.99. The highest BCUT2D eigenvalue weighted by molar-refractivity contribution is 5.77. The first-order valence-electron chi connectivity index (χ1n) is 5.79. The molecule has 1 aromatic rings. The van der Waals surface area contributed by atoms with Crippen LogP contribution in [0.25, 0.3) is 0 Å². The van der Waals surface area contributed by atoms with Gasteiger partial charge in [0.05, 0.1) is 7.11 Å². The summed E-state index contributed by atoms with van der Waals surface area (Å²) in [6.07, 6.45) is 2.06. The Kier molecular flexibility index (Phi) is 5.93. The minimum Gasteiger partial charge on any atom is -0.497 e. The van der Waals surface area contributed by atoms with Gasteiger partial charge in [-0.3, -0.25) is 4.79 Å². The molecule has 4 heteroatoms. The molecule has 0 aromatic heterocycles. The van der Waals surface area contributed by atoms with Crippen LogP contribution in [0.5, 0.6) is 11.5 Å². The highest BCUT2D eigenvalue weighted by Crippen LogP contribution is 2.16. The van der Waals surface area contributed by atoms with E-state index in [4.69, 9.17) is 9.47 Å². The largest absolute Gasteiger partial charge is 0.497 e. The Hall–Kier alpha value is -1.71. The fraction of sp³-hybridized carbons (Fsp3) is 0.462. The van der Waals surface area contributed by atoms with Gasteiger partial charge in [-0.05, 0) is 30.7 Å². The molecule has 0 saturated heterocycles. The van der Waals surface area contributed by atoms with Crippen LogP contribution >= 0.6 is 0 Å². The topological polar surface area (TPSA) is 47.6 Å². The van der Waals surface area contributed by atoms with Crippen molar-refractivity contribution in [3.63, 3.8) is 0 Å². The van der Waals surface area contributed by atoms with Crippen molar-refractivity contribution in [1.82, 2.24) is 5.32 Å². The monoisotopic (exact) mass is 237 g/mol. The number of rotatable bonds is 7. The van der Waals surface area contributed by atoms with Gasteiger partial charge in [-0.1, -0.05) is 13.3 Å². The fourth-order valence-electron chi connectivity index (χ4n) is 1.28. The van der Waals surface area contributed by atoms with Crippen molar-refractivity contribution in [2.45, 2.75) is 19.8 Å². The van der Waals surface area contributed by atoms with Gasteiger partial charge in [-0.15, -0.1) is 0 Å². The van der Waals surface area contributed by atoms with Gasteiger partial charge in [0.25, 0.3) is 5.91 Å². The third kappa shape index (κ3) is 5.24. The Morgan fingerprint density at radius 1 is 1.24 bits per heavy atom. The molecule has 0 spiro atoms. The van der Waals surface area contributed by atoms with E-state index in [2.05, 4.69) is 12.2 Å². The van der Waals surface area contributed by atoms with E-state index in [1.807, 2.05) is 0 Å². The van der Waals surface area contributed by atoms with Crippen LogP contribution in [0.2, 0.25) is 0 Å². The van der Waals surface area contributed by atoms with Gasteiger partial charge >= 0.3 is 0 Å². The van der Waals surface area contributed by atoms with Gasteiger partial charge < -0.3 is 14.8 Å². The second-order valence-electron chi connectivity index (χ2n) is 3.67. The molecule has 4 nitrogen and oxygen atoms in total. The SMILES string of the molecule is CCCCNC(=O)COc1ccc(OC)cc1. The van der Waals surface area contributed by atoms with Crippen LogP contribution in [-0.2, 0) is 4.79 Å². The zero-order chi connectivity index (χ0) is 12.5. The first kappa shape index (κ1) is 13.4. The second kappa shape index (κ2) is 7.54. The third-order valence-corrected chi connectivity index (χ3v) is 2.28. The molecule has 0 aliphatic heterocycles. The summed E-state index contributed by atoms with van der Waals surface area (Å²) < 4.78 is 10.4. The van der Waals surface area contributed by atoms with E-state index in [0.717, 1.165) is 18.6 Å². The molecule has 0 aliphatic rings. The smallest absolute Gasteiger partial charge is 0.257 e. The number of carbonyl (C=O) groups excluding carboxylic acids is 1. The number of methoxy groups -OCH3 is 1. The summed E-state index contributed by atoms with van der Waals surface area (Å²) in [6.45, 7) is 2.84. The quantitative estimate of drug-likeness (QED) is 0.738. The van der Waals surface area contributed by atoms with Crippen LogP contribution in [0.4, 0.5) is 0 Å². The fourth-order valence-corrected chi connectivity index (χ4v) is 1.28. The number of carbonyl (C=O) groups is 1. The summed E-state index contributed by atoms with van der Waals surface area (Å²) in [5, 5.41) is 2.79. The lowest BCUT2D eigenvalue weighted by atomic mass is 10.3. The van der Waals surface area contributed by atoms with E-state index in [1.54, 1.807) is 31.4 Å². The molecular formula is C13H19NO3. The van der Waals surface area contributed by atoms with Crippen LogP contribution in [0, 0.1) is 0 Å². The number of amides is 1. The van der Waals surface area contributed by atoms with E-state index in [1.165, 1.54) is 0 Å². The normalized spacial score (nSPS) is 9.76. The van der Waals surface area contributed by atoms with E-state index in [-0.39, 0.29) is 12.5 Å². The molecule has 0 fully saturated rings. The zero-order valence-corrected chi connectivity index (χ0v) is 10.4. The average Bonchev–Trinajstić information content (AvgIpc) is 2.37. The minimum atomic E-state index is -0.0886. The van der Waals surface area contributed by atoms with E-state index >= 15 is 0 Å². The van der Waals surface area contributed by atoms with Crippen LogP contribution in [0.15, 0.2) is 24.3 Å². The third-order valence-electron chi connectivity index (χ3n) is 2.28. The molecule has 0 bridgehead atoms. The highest BCUT2D eigenvalue weighted by Gasteiger charge is 2.01. The van der Waals surface area contributed by atoms with Gasteiger partial charge in [0.15, 0.2) is 6.61 Å². The molecule has 0 heterocycles. The molecular weight excluding hydrogens is 218 g/mol. The molecule has 0 atom stereocenters. The van der Waals surface area contributed by atoms with Crippen LogP contribution in [0.3, 0.4) is 0 Å². The Morgan fingerprint density at radius 3 is 2.47 bits per heavy atom. The summed E-state index contributed by atoms with van der Waals surface area (Å²) in [6, 6.07) is 7.14. The molecule has 0 radical (unpaired) electrons. The maximum atomic E-state index is 11.4. The Labute approximate surface area is 102 Å². The summed E-state index contributed by atoms with van der Waals surface area (Å²) in [7, 11) is 1.61. The first-order chi connectivity index (χ1) is 8.26. The summed E-state index contributed by atoms with van der Waals surface area (Å²) >= 11 is 0. The number of unbranched alkanes of at least 4 members (excludes halogenated alkanes) is 1. The van der Waals surface area contributed by atoms with Crippen molar-refractivity contribution in [3.8, 4) is 11.5 Å². The van der Waals surface area contributed by atoms with Gasteiger partial charge in [-0.25, -0.2) is 0 Å². The number of hydrogen-bond acceptors (Lipinski definition) is 3. The molecule has 94 valence electrons. The van der Waals surface area contributed by atoms with E-state index in [0.29, 0.717) is 12.3 Å². The lowest BCUT2D eigenvalue weighted by Crippen LogP contribution is -2.29. The van der Waals surface area contributed by atoms with Crippen molar-refractivity contribution in [3.05, 3.63) is 24.3 Å². The Bertz CT molecular complexity index is 335. The predicted molar refractivity (Wildman–Crippen MR) is 66.4 cm³/mol. The lowest BCUT2D eigenvalue weighted by molar-refractivity contribution is -0.123. The molecule has 0 saturated carbocycles. The van der Waals surface area contributed by atoms with Crippen molar-refractivity contribution in [2.75, 3.05) is 20.3 Å². The van der Waals surface area contributed by atoms with E-state index < -0.39 is 0 Å². The van der Waals surface area contributed by atoms with Gasteiger partial charge in [0.2, 0.25) is 0 Å². The van der Waals surface area contributed by atoms with Crippen LogP contribution < -0.4 is 14.8 Å². The lowest BCUT2D eigenvalue weighted by Gasteiger charge is -2.07. The van der Waals surface area contributed by atoms with Crippen molar-refractivity contribution in [1.29, 1.82) is 0 Å². The van der Waals surface area contributed by atoms with Gasteiger partial charge in [0.1, 0.15) is 11.5 Å². The number of hydrogen-bond donors (Lipinski definition) is 1. The second-order valence-corrected chi connectivity index (χ2v) is 3.67. The summed E-state index contributed by atoms with van der Waals surface area (Å²) in [4.78, 5) is 11.4. The Morgan fingerprint density at radius 2 is 1.88 bits per heavy atom. The van der Waals surface area contributed by atoms with Crippen molar-refractivity contribution in [2.24, 2.45) is 0 Å². The standard InChI is InChI=1S/C13H19NO3/c1-3-4-9-14-13(15)10-17-12-7-5-11(16-2)6-8-12/h5-8H,3-4,9-10H2,1-2H3,(H,14,15). The molecule has 1 aromatic carbocycles. The van der Waals surface area contributed by atoms with Crippen molar-refractivity contribution < 1.29 is 14.3 Å². The summed E-state index contributed by atoms with van der Waals surface area (Å²) in [5.74, 6) is 1.34. The molecule has 1 N–H and O–H groups in total. The number of nitrogens with one attached hydrogen (secondary N) is 1. The first-order valence-corrected chi connectivity index (χ1v) is 5.79. The molecule has 0 aliphatic carbocycles. The molecule has 1 amide bonds. The summed E-state index contributed by atoms with van der Waals surface area (Å²) in [5.41, 5.74) is 0. The van der Waals surface area contributed by atoms with Gasteiger partial charge in [0, 0.05) is 6.54 Å². The molecule has 1 rings (SSSR count). The average molecular weight is 237 g/mol. The number of ether oxygens (including phenoxy) is 2. The number of benzene rings is 1. The van der Waals surface area contributed by atoms with Gasteiger partial charge in [-0.2, -0.15) is 0 Å². The zero-order valence-electron chi connectivity index (χ0n) is 10.4. The van der Waals surface area contributed by atoms with Crippen LogP contribution in [0.1, 0.15) is 19.8 Å². The van der Waals surface area contributed by atoms with E-state index in [9.17, 15) is 4.79 Å². The highest BCUT2D eigenvalue weighted by atomic mass is 16.5. The molecule has 17 heavy (non-hydrogen) atoms. The van der Waals surface area contributed by atoms with Crippen LogP contribution in [-0.4, -0.2) is 26.2 Å². The Balaban J connectivity index is 2.27. The maximum Gasteiger partial charge on any atom is 0.257 e. The molecule has 0 unspecified atom stereocenters. The van der Waals surface area contributed by atoms with Crippen molar-refractivity contribution >= 4 is 5.91 Å². The maximum absolute atomic E-state index is 11.4.